The van der Waals surface area contributed by atoms with Crippen LogP contribution >= 0.6 is 0 Å². The van der Waals surface area contributed by atoms with E-state index in [-0.39, 0.29) is 18.2 Å². The Morgan fingerprint density at radius 2 is 2.16 bits per heavy atom. The summed E-state index contributed by atoms with van der Waals surface area (Å²) in [5.41, 5.74) is -0.282. The Morgan fingerprint density at radius 3 is 2.68 bits per heavy atom. The summed E-state index contributed by atoms with van der Waals surface area (Å²) in [6.45, 7) is 6.28. The molecule has 1 heterocycles. The summed E-state index contributed by atoms with van der Waals surface area (Å²) in [4.78, 5) is 0. The van der Waals surface area contributed by atoms with E-state index < -0.39 is 6.10 Å². The van der Waals surface area contributed by atoms with Crippen LogP contribution in [0, 0.1) is 0 Å². The molecule has 1 rings (SSSR count). The van der Waals surface area contributed by atoms with Gasteiger partial charge in [0.1, 0.15) is 0 Å². The summed E-state index contributed by atoms with van der Waals surface area (Å²) >= 11 is 0. The van der Waals surface area contributed by atoms with E-state index in [1.54, 1.807) is 0 Å². The number of hydrogen-bond acceptors (Lipinski definition) is 5. The minimum absolute atomic E-state index is 0.0868. The van der Waals surface area contributed by atoms with Crippen LogP contribution in [0.4, 0.5) is 0 Å². The number of rotatable bonds is 10. The van der Waals surface area contributed by atoms with E-state index in [0.717, 1.165) is 32.3 Å². The molecule has 0 saturated carbocycles. The lowest BCUT2D eigenvalue weighted by atomic mass is 9.94. The zero-order valence-electron chi connectivity index (χ0n) is 12.2. The summed E-state index contributed by atoms with van der Waals surface area (Å²) in [6.07, 6.45) is 3.47. The number of hydrogen-bond donors (Lipinski definition) is 3. The van der Waals surface area contributed by atoms with Gasteiger partial charge in [0.05, 0.1) is 32.0 Å². The van der Waals surface area contributed by atoms with Gasteiger partial charge in [-0.25, -0.2) is 0 Å². The molecule has 2 unspecified atom stereocenters. The maximum Gasteiger partial charge on any atom is 0.0897 e. The van der Waals surface area contributed by atoms with Crippen LogP contribution in [-0.2, 0) is 9.47 Å². The highest BCUT2D eigenvalue weighted by Gasteiger charge is 2.25. The molecule has 0 aromatic rings. The molecule has 19 heavy (non-hydrogen) atoms. The lowest BCUT2D eigenvalue weighted by Crippen LogP contribution is -2.50. The Hall–Kier alpha value is -0.200. The van der Waals surface area contributed by atoms with Gasteiger partial charge in [0, 0.05) is 18.7 Å². The maximum absolute atomic E-state index is 9.86. The van der Waals surface area contributed by atoms with Crippen LogP contribution in [0.1, 0.15) is 39.5 Å². The van der Waals surface area contributed by atoms with Crippen LogP contribution in [0.5, 0.6) is 0 Å². The van der Waals surface area contributed by atoms with Crippen molar-refractivity contribution in [2.45, 2.75) is 57.3 Å². The first-order valence-electron chi connectivity index (χ1n) is 7.39. The van der Waals surface area contributed by atoms with Crippen molar-refractivity contribution in [2.75, 3.05) is 33.0 Å². The Bertz CT molecular complexity index is 219. The normalized spacial score (nSPS) is 21.8. The van der Waals surface area contributed by atoms with Crippen LogP contribution in [0.3, 0.4) is 0 Å². The van der Waals surface area contributed by atoms with Crippen molar-refractivity contribution in [1.29, 1.82) is 0 Å². The maximum atomic E-state index is 9.86. The Kier molecular flexibility index (Phi) is 7.87. The zero-order chi connectivity index (χ0) is 14.1. The number of aliphatic hydroxyl groups is 2. The van der Waals surface area contributed by atoms with Gasteiger partial charge in [-0.05, 0) is 25.7 Å². The molecule has 1 fully saturated rings. The molecule has 1 aliphatic rings. The highest BCUT2D eigenvalue weighted by molar-refractivity contribution is 4.85. The van der Waals surface area contributed by atoms with Gasteiger partial charge < -0.3 is 25.0 Å². The third-order valence-corrected chi connectivity index (χ3v) is 4.01. The van der Waals surface area contributed by atoms with E-state index in [2.05, 4.69) is 5.32 Å². The van der Waals surface area contributed by atoms with Crippen molar-refractivity contribution < 1.29 is 19.7 Å². The molecule has 0 amide bonds. The molecule has 0 bridgehead atoms. The van der Waals surface area contributed by atoms with Crippen LogP contribution in [0.2, 0.25) is 0 Å². The van der Waals surface area contributed by atoms with Crippen molar-refractivity contribution in [3.63, 3.8) is 0 Å². The van der Waals surface area contributed by atoms with E-state index >= 15 is 0 Å². The minimum atomic E-state index is -0.551. The fourth-order valence-corrected chi connectivity index (χ4v) is 2.28. The second-order valence-electron chi connectivity index (χ2n) is 5.35. The summed E-state index contributed by atoms with van der Waals surface area (Å²) in [6, 6.07) is 0. The van der Waals surface area contributed by atoms with Gasteiger partial charge in [0.15, 0.2) is 0 Å². The van der Waals surface area contributed by atoms with Gasteiger partial charge >= 0.3 is 0 Å². The zero-order valence-corrected chi connectivity index (χ0v) is 12.2. The number of β-amino-alcohol motifs (C(OH)–C–C–N with tert-alkyl or cyclic N) is 1. The van der Waals surface area contributed by atoms with Gasteiger partial charge in [0.25, 0.3) is 0 Å². The molecule has 5 heteroatoms. The smallest absolute Gasteiger partial charge is 0.0897 e. The molecule has 5 nitrogen and oxygen atoms in total. The molecule has 3 N–H and O–H groups in total. The second-order valence-corrected chi connectivity index (χ2v) is 5.35. The van der Waals surface area contributed by atoms with Gasteiger partial charge in [-0.2, -0.15) is 0 Å². The standard InChI is InChI=1S/C14H29NO4/c1-3-14(4-2,11-16)15-8-12(17)9-18-10-13-6-5-7-19-13/h12-13,15-17H,3-11H2,1-2H3. The van der Waals surface area contributed by atoms with Crippen LogP contribution in [-0.4, -0.2) is 60.9 Å². The highest BCUT2D eigenvalue weighted by atomic mass is 16.5. The lowest BCUT2D eigenvalue weighted by molar-refractivity contribution is -0.0192. The van der Waals surface area contributed by atoms with E-state index in [0.29, 0.717) is 19.8 Å². The summed E-state index contributed by atoms with van der Waals surface area (Å²) in [5, 5.41) is 22.5. The largest absolute Gasteiger partial charge is 0.394 e. The van der Waals surface area contributed by atoms with Gasteiger partial charge in [-0.1, -0.05) is 13.8 Å². The van der Waals surface area contributed by atoms with Gasteiger partial charge in [-0.15, -0.1) is 0 Å². The van der Waals surface area contributed by atoms with E-state index in [1.165, 1.54) is 0 Å². The Balaban J connectivity index is 2.13. The minimum Gasteiger partial charge on any atom is -0.394 e. The molecule has 2 atom stereocenters. The fraction of sp³-hybridized carbons (Fsp3) is 1.00. The molecule has 1 aliphatic heterocycles. The van der Waals surface area contributed by atoms with E-state index in [1.807, 2.05) is 13.8 Å². The van der Waals surface area contributed by atoms with Crippen molar-refractivity contribution in [3.8, 4) is 0 Å². The first-order valence-corrected chi connectivity index (χ1v) is 7.39. The SMILES string of the molecule is CCC(CC)(CO)NCC(O)COCC1CCCO1. The van der Waals surface area contributed by atoms with E-state index in [4.69, 9.17) is 9.47 Å². The number of nitrogens with one attached hydrogen (secondary N) is 1. The van der Waals surface area contributed by atoms with Crippen molar-refractivity contribution in [2.24, 2.45) is 0 Å². The molecule has 1 saturated heterocycles. The van der Waals surface area contributed by atoms with E-state index in [9.17, 15) is 10.2 Å². The average Bonchev–Trinajstić information content (AvgIpc) is 2.94. The molecule has 0 radical (unpaired) electrons. The first-order chi connectivity index (χ1) is 9.15. The summed E-state index contributed by atoms with van der Waals surface area (Å²) in [5.74, 6) is 0. The molecule has 0 aromatic carbocycles. The van der Waals surface area contributed by atoms with Gasteiger partial charge in [0.2, 0.25) is 0 Å². The van der Waals surface area contributed by atoms with Crippen molar-refractivity contribution in [3.05, 3.63) is 0 Å². The summed E-state index contributed by atoms with van der Waals surface area (Å²) < 4.78 is 10.9. The molecule has 114 valence electrons. The molecular formula is C14H29NO4. The molecule has 0 spiro atoms. The van der Waals surface area contributed by atoms with Crippen molar-refractivity contribution >= 4 is 0 Å². The van der Waals surface area contributed by atoms with Crippen LogP contribution in [0.15, 0.2) is 0 Å². The van der Waals surface area contributed by atoms with Crippen LogP contribution < -0.4 is 5.32 Å². The van der Waals surface area contributed by atoms with Gasteiger partial charge in [-0.3, -0.25) is 0 Å². The quantitative estimate of drug-likeness (QED) is 0.547. The Morgan fingerprint density at radius 1 is 1.42 bits per heavy atom. The predicted molar refractivity (Wildman–Crippen MR) is 74.2 cm³/mol. The molecular weight excluding hydrogens is 246 g/mol. The highest BCUT2D eigenvalue weighted by Crippen LogP contribution is 2.14. The Labute approximate surface area is 116 Å². The third kappa shape index (κ3) is 5.75. The predicted octanol–water partition coefficient (Wildman–Crippen LogP) is 0.684. The fourth-order valence-electron chi connectivity index (χ4n) is 2.28. The monoisotopic (exact) mass is 275 g/mol. The lowest BCUT2D eigenvalue weighted by Gasteiger charge is -2.32. The molecule has 0 aromatic heterocycles. The topological polar surface area (TPSA) is 71.0 Å². The second kappa shape index (κ2) is 8.87. The van der Waals surface area contributed by atoms with Crippen LogP contribution in [0.25, 0.3) is 0 Å². The number of ether oxygens (including phenoxy) is 2. The van der Waals surface area contributed by atoms with Crippen molar-refractivity contribution in [1.82, 2.24) is 5.32 Å². The first kappa shape index (κ1) is 16.9. The molecule has 0 aliphatic carbocycles. The average molecular weight is 275 g/mol. The number of aliphatic hydroxyl groups excluding tert-OH is 2. The summed E-state index contributed by atoms with van der Waals surface area (Å²) in [7, 11) is 0. The third-order valence-electron chi connectivity index (χ3n) is 4.01.